The highest BCUT2D eigenvalue weighted by Crippen LogP contribution is 2.07. The SMILES string of the molecule is Cc1cccc(C(=O)NCCC(C)CC(=O)NCCO)c1. The minimum Gasteiger partial charge on any atom is -0.395 e. The Kier molecular flexibility index (Phi) is 7.46. The second kappa shape index (κ2) is 9.13. The highest BCUT2D eigenvalue weighted by molar-refractivity contribution is 5.94. The third kappa shape index (κ3) is 6.90. The summed E-state index contributed by atoms with van der Waals surface area (Å²) >= 11 is 0. The van der Waals surface area contributed by atoms with Gasteiger partial charge in [-0.2, -0.15) is 0 Å². The lowest BCUT2D eigenvalue weighted by molar-refractivity contribution is -0.122. The second-order valence-corrected chi connectivity index (χ2v) is 5.30. The fourth-order valence-corrected chi connectivity index (χ4v) is 2.01. The lowest BCUT2D eigenvalue weighted by Crippen LogP contribution is -2.29. The van der Waals surface area contributed by atoms with Gasteiger partial charge in [0.2, 0.25) is 5.91 Å². The van der Waals surface area contributed by atoms with Gasteiger partial charge in [0.25, 0.3) is 5.91 Å². The van der Waals surface area contributed by atoms with Crippen LogP contribution in [0.4, 0.5) is 0 Å². The Hall–Kier alpha value is -1.88. The first-order chi connectivity index (χ1) is 10.0. The maximum Gasteiger partial charge on any atom is 0.251 e. The number of rotatable bonds is 8. The van der Waals surface area contributed by atoms with Crippen molar-refractivity contribution in [1.29, 1.82) is 0 Å². The summed E-state index contributed by atoms with van der Waals surface area (Å²) in [5.74, 6) is 0.0266. The number of aliphatic hydroxyl groups excluding tert-OH is 1. The van der Waals surface area contributed by atoms with Gasteiger partial charge in [-0.1, -0.05) is 24.6 Å². The highest BCUT2D eigenvalue weighted by Gasteiger charge is 2.10. The van der Waals surface area contributed by atoms with Gasteiger partial charge in [0.05, 0.1) is 6.61 Å². The highest BCUT2D eigenvalue weighted by atomic mass is 16.3. The smallest absolute Gasteiger partial charge is 0.251 e. The molecule has 0 saturated heterocycles. The van der Waals surface area contributed by atoms with Crippen molar-refractivity contribution in [3.8, 4) is 0 Å². The Bertz CT molecular complexity index is 474. The van der Waals surface area contributed by atoms with Crippen LogP contribution in [0.15, 0.2) is 24.3 Å². The van der Waals surface area contributed by atoms with Gasteiger partial charge in [-0.15, -0.1) is 0 Å². The molecular formula is C16H24N2O3. The molecule has 0 radical (unpaired) electrons. The number of hydrogen-bond donors (Lipinski definition) is 3. The first kappa shape index (κ1) is 17.2. The normalized spacial score (nSPS) is 11.8. The van der Waals surface area contributed by atoms with Crippen LogP contribution in [-0.2, 0) is 4.79 Å². The molecule has 0 bridgehead atoms. The Morgan fingerprint density at radius 3 is 2.67 bits per heavy atom. The number of amides is 2. The van der Waals surface area contributed by atoms with Crippen LogP contribution in [0.1, 0.15) is 35.7 Å². The van der Waals surface area contributed by atoms with E-state index in [1.807, 2.05) is 32.0 Å². The maximum atomic E-state index is 11.9. The van der Waals surface area contributed by atoms with Crippen molar-refractivity contribution in [2.24, 2.45) is 5.92 Å². The largest absolute Gasteiger partial charge is 0.395 e. The molecule has 0 fully saturated rings. The molecule has 0 spiro atoms. The molecule has 5 heteroatoms. The lowest BCUT2D eigenvalue weighted by atomic mass is 10.0. The van der Waals surface area contributed by atoms with Gasteiger partial charge in [0, 0.05) is 25.1 Å². The predicted octanol–water partition coefficient (Wildman–Crippen LogP) is 1.25. The number of hydrogen-bond acceptors (Lipinski definition) is 3. The van der Waals surface area contributed by atoms with Crippen molar-refractivity contribution >= 4 is 11.8 Å². The molecule has 1 aromatic carbocycles. The summed E-state index contributed by atoms with van der Waals surface area (Å²) in [6.45, 7) is 4.70. The van der Waals surface area contributed by atoms with E-state index in [4.69, 9.17) is 5.11 Å². The summed E-state index contributed by atoms with van der Waals surface area (Å²) in [7, 11) is 0. The molecule has 0 aliphatic heterocycles. The van der Waals surface area contributed by atoms with Crippen LogP contribution in [0.3, 0.4) is 0 Å². The molecule has 1 rings (SSSR count). The molecular weight excluding hydrogens is 268 g/mol. The van der Waals surface area contributed by atoms with E-state index in [2.05, 4.69) is 10.6 Å². The molecule has 21 heavy (non-hydrogen) atoms. The molecule has 1 atom stereocenters. The summed E-state index contributed by atoms with van der Waals surface area (Å²) in [4.78, 5) is 23.4. The average molecular weight is 292 g/mol. The van der Waals surface area contributed by atoms with E-state index in [0.717, 1.165) is 12.0 Å². The molecule has 0 saturated carbocycles. The molecule has 1 aromatic rings. The number of aliphatic hydroxyl groups is 1. The monoisotopic (exact) mass is 292 g/mol. The van der Waals surface area contributed by atoms with Crippen LogP contribution in [-0.4, -0.2) is 36.6 Å². The number of aryl methyl sites for hydroxylation is 1. The minimum absolute atomic E-state index is 0.0489. The summed E-state index contributed by atoms with van der Waals surface area (Å²) in [6, 6.07) is 7.44. The average Bonchev–Trinajstić information content (AvgIpc) is 2.45. The summed E-state index contributed by atoms with van der Waals surface area (Å²) in [6.07, 6.45) is 1.14. The van der Waals surface area contributed by atoms with Crippen LogP contribution in [0.5, 0.6) is 0 Å². The van der Waals surface area contributed by atoms with Gasteiger partial charge in [-0.05, 0) is 31.4 Å². The third-order valence-corrected chi connectivity index (χ3v) is 3.17. The molecule has 0 heterocycles. The van der Waals surface area contributed by atoms with Crippen LogP contribution < -0.4 is 10.6 Å². The number of carbonyl (C=O) groups is 2. The van der Waals surface area contributed by atoms with E-state index in [-0.39, 0.29) is 30.9 Å². The number of carbonyl (C=O) groups excluding carboxylic acids is 2. The Morgan fingerprint density at radius 2 is 2.00 bits per heavy atom. The van der Waals surface area contributed by atoms with Gasteiger partial charge in [0.1, 0.15) is 0 Å². The minimum atomic E-state index is -0.0874. The van der Waals surface area contributed by atoms with Gasteiger partial charge in [-0.3, -0.25) is 9.59 Å². The number of nitrogens with one attached hydrogen (secondary N) is 2. The molecule has 0 aliphatic carbocycles. The van der Waals surface area contributed by atoms with Crippen LogP contribution in [0.25, 0.3) is 0 Å². The van der Waals surface area contributed by atoms with Gasteiger partial charge >= 0.3 is 0 Å². The lowest BCUT2D eigenvalue weighted by Gasteiger charge is -2.12. The zero-order valence-corrected chi connectivity index (χ0v) is 12.7. The molecule has 3 N–H and O–H groups in total. The van der Waals surface area contributed by atoms with Crippen LogP contribution in [0.2, 0.25) is 0 Å². The van der Waals surface area contributed by atoms with Crippen molar-refractivity contribution in [3.63, 3.8) is 0 Å². The van der Waals surface area contributed by atoms with E-state index >= 15 is 0 Å². The summed E-state index contributed by atoms with van der Waals surface area (Å²) in [5, 5.41) is 14.1. The zero-order chi connectivity index (χ0) is 15.7. The first-order valence-electron chi connectivity index (χ1n) is 7.25. The van der Waals surface area contributed by atoms with Crippen molar-refractivity contribution in [2.45, 2.75) is 26.7 Å². The third-order valence-electron chi connectivity index (χ3n) is 3.17. The quantitative estimate of drug-likeness (QED) is 0.675. The fourth-order valence-electron chi connectivity index (χ4n) is 2.01. The Morgan fingerprint density at radius 1 is 1.24 bits per heavy atom. The summed E-state index contributed by atoms with van der Waals surface area (Å²) < 4.78 is 0. The predicted molar refractivity (Wildman–Crippen MR) is 82.0 cm³/mol. The van der Waals surface area contributed by atoms with E-state index in [1.54, 1.807) is 6.07 Å². The maximum absolute atomic E-state index is 11.9. The standard InChI is InChI=1S/C16H24N2O3/c1-12-4-3-5-14(10-12)16(21)18-7-6-13(2)11-15(20)17-8-9-19/h3-5,10,13,19H,6-9,11H2,1-2H3,(H,17,20)(H,18,21). The fraction of sp³-hybridized carbons (Fsp3) is 0.500. The van der Waals surface area contributed by atoms with Gasteiger partial charge in [-0.25, -0.2) is 0 Å². The summed E-state index contributed by atoms with van der Waals surface area (Å²) in [5.41, 5.74) is 1.71. The molecule has 0 aliphatic rings. The van der Waals surface area contributed by atoms with Crippen LogP contribution in [0, 0.1) is 12.8 Å². The molecule has 2 amide bonds. The zero-order valence-electron chi connectivity index (χ0n) is 12.7. The van der Waals surface area contributed by atoms with E-state index in [9.17, 15) is 9.59 Å². The molecule has 5 nitrogen and oxygen atoms in total. The molecule has 1 unspecified atom stereocenters. The second-order valence-electron chi connectivity index (χ2n) is 5.30. The van der Waals surface area contributed by atoms with E-state index in [1.165, 1.54) is 0 Å². The number of benzene rings is 1. The van der Waals surface area contributed by atoms with E-state index in [0.29, 0.717) is 18.5 Å². The van der Waals surface area contributed by atoms with Gasteiger partial charge in [0.15, 0.2) is 0 Å². The van der Waals surface area contributed by atoms with Crippen molar-refractivity contribution in [3.05, 3.63) is 35.4 Å². The van der Waals surface area contributed by atoms with Crippen LogP contribution >= 0.6 is 0 Å². The van der Waals surface area contributed by atoms with Crippen molar-refractivity contribution in [2.75, 3.05) is 19.7 Å². The van der Waals surface area contributed by atoms with Crippen molar-refractivity contribution < 1.29 is 14.7 Å². The first-order valence-corrected chi connectivity index (χ1v) is 7.25. The topological polar surface area (TPSA) is 78.4 Å². The Labute approximate surface area is 125 Å². The Balaban J connectivity index is 2.26. The molecule has 116 valence electrons. The van der Waals surface area contributed by atoms with Gasteiger partial charge < -0.3 is 15.7 Å². The van der Waals surface area contributed by atoms with Crippen molar-refractivity contribution in [1.82, 2.24) is 10.6 Å². The molecule has 0 aromatic heterocycles. The van der Waals surface area contributed by atoms with E-state index < -0.39 is 0 Å².